The summed E-state index contributed by atoms with van der Waals surface area (Å²) in [6, 6.07) is 4.02. The molecule has 112 valence electrons. The molecule has 0 bridgehead atoms. The van der Waals surface area contributed by atoms with E-state index in [0.29, 0.717) is 13.2 Å². The summed E-state index contributed by atoms with van der Waals surface area (Å²) in [5, 5.41) is 6.05. The monoisotopic (exact) mass is 288 g/mol. The molecule has 21 heavy (non-hydrogen) atoms. The van der Waals surface area contributed by atoms with Gasteiger partial charge in [0.05, 0.1) is 24.8 Å². The summed E-state index contributed by atoms with van der Waals surface area (Å²) in [5.74, 6) is 0.107. The molecule has 1 unspecified atom stereocenters. The maximum Gasteiger partial charge on any atom is 0.251 e. The summed E-state index contributed by atoms with van der Waals surface area (Å²) in [6.45, 7) is 3.59. The van der Waals surface area contributed by atoms with Gasteiger partial charge in [0.2, 0.25) is 0 Å². The zero-order valence-electron chi connectivity index (χ0n) is 12.2. The molecule has 2 aliphatic rings. The molecule has 0 aromatic carbocycles. The number of hydrazone groups is 1. The van der Waals surface area contributed by atoms with Crippen LogP contribution in [0.3, 0.4) is 0 Å². The lowest BCUT2D eigenvalue weighted by Crippen LogP contribution is -2.41. The van der Waals surface area contributed by atoms with Crippen LogP contribution in [0.4, 0.5) is 0 Å². The van der Waals surface area contributed by atoms with Crippen LogP contribution in [-0.4, -0.2) is 59.9 Å². The molecule has 3 rings (SSSR count). The van der Waals surface area contributed by atoms with Crippen molar-refractivity contribution in [1.82, 2.24) is 14.9 Å². The molecule has 1 amide bonds. The number of carbonyl (C=O) groups excluding carboxylic acids is 1. The van der Waals surface area contributed by atoms with Gasteiger partial charge in [0, 0.05) is 39.1 Å². The third-order valence-corrected chi connectivity index (χ3v) is 3.96. The van der Waals surface area contributed by atoms with Gasteiger partial charge < -0.3 is 4.74 Å². The average Bonchev–Trinajstić information content (AvgIpc) is 2.82. The Labute approximate surface area is 124 Å². The summed E-state index contributed by atoms with van der Waals surface area (Å²) < 4.78 is 5.03. The second kappa shape index (κ2) is 6.32. The number of carbonyl (C=O) groups is 1. The molecule has 6 nitrogen and oxygen atoms in total. The fraction of sp³-hybridized carbons (Fsp3) is 0.533. The Kier molecular flexibility index (Phi) is 4.26. The first-order chi connectivity index (χ1) is 10.3. The zero-order valence-corrected chi connectivity index (χ0v) is 12.2. The molecular formula is C15H20N4O2. The van der Waals surface area contributed by atoms with Gasteiger partial charge in [0.1, 0.15) is 0 Å². The highest BCUT2D eigenvalue weighted by atomic mass is 16.5. The molecular weight excluding hydrogens is 268 g/mol. The molecule has 0 N–H and O–H groups in total. The average molecular weight is 288 g/mol. The number of likely N-dealkylation sites (tertiary alicyclic amines) is 1. The minimum atomic E-state index is -0.0213. The van der Waals surface area contributed by atoms with Crippen LogP contribution in [0.2, 0.25) is 0 Å². The van der Waals surface area contributed by atoms with E-state index in [1.165, 1.54) is 5.56 Å². The summed E-state index contributed by atoms with van der Waals surface area (Å²) in [5.41, 5.74) is 2.18. The molecule has 3 heterocycles. The topological polar surface area (TPSA) is 58.0 Å². The van der Waals surface area contributed by atoms with Crippen LogP contribution in [-0.2, 0) is 16.1 Å². The molecule has 2 aliphatic heterocycles. The summed E-state index contributed by atoms with van der Waals surface area (Å²) in [4.78, 5) is 18.7. The number of rotatable bonds is 5. The Morgan fingerprint density at radius 2 is 2.38 bits per heavy atom. The van der Waals surface area contributed by atoms with E-state index < -0.39 is 0 Å². The van der Waals surface area contributed by atoms with E-state index in [0.717, 1.165) is 31.8 Å². The number of methoxy groups -OCH3 is 1. The van der Waals surface area contributed by atoms with Crippen LogP contribution >= 0.6 is 0 Å². The number of hydrogen-bond donors (Lipinski definition) is 0. The molecule has 1 fully saturated rings. The van der Waals surface area contributed by atoms with E-state index >= 15 is 0 Å². The van der Waals surface area contributed by atoms with Gasteiger partial charge in [0.15, 0.2) is 0 Å². The summed E-state index contributed by atoms with van der Waals surface area (Å²) in [6.07, 6.45) is 4.52. The van der Waals surface area contributed by atoms with Crippen molar-refractivity contribution in [2.45, 2.75) is 13.0 Å². The SMILES string of the molecule is COCCN1N=C2CN(Cc3cccnc3)CCC2C1=O. The largest absolute Gasteiger partial charge is 0.383 e. The van der Waals surface area contributed by atoms with Crippen LogP contribution in [0.5, 0.6) is 0 Å². The van der Waals surface area contributed by atoms with E-state index in [1.807, 2.05) is 12.3 Å². The Hall–Kier alpha value is -1.79. The van der Waals surface area contributed by atoms with Crippen molar-refractivity contribution < 1.29 is 9.53 Å². The van der Waals surface area contributed by atoms with Gasteiger partial charge in [-0.05, 0) is 18.1 Å². The quantitative estimate of drug-likeness (QED) is 0.802. The van der Waals surface area contributed by atoms with E-state index in [1.54, 1.807) is 18.3 Å². The van der Waals surface area contributed by atoms with E-state index in [2.05, 4.69) is 21.1 Å². The van der Waals surface area contributed by atoms with Gasteiger partial charge >= 0.3 is 0 Å². The number of amides is 1. The molecule has 0 radical (unpaired) electrons. The zero-order chi connectivity index (χ0) is 14.7. The minimum Gasteiger partial charge on any atom is -0.383 e. The summed E-state index contributed by atoms with van der Waals surface area (Å²) >= 11 is 0. The first kappa shape index (κ1) is 14.2. The van der Waals surface area contributed by atoms with Crippen molar-refractivity contribution in [3.8, 4) is 0 Å². The second-order valence-corrected chi connectivity index (χ2v) is 5.46. The number of hydrogen-bond acceptors (Lipinski definition) is 5. The third-order valence-electron chi connectivity index (χ3n) is 3.96. The van der Waals surface area contributed by atoms with Crippen molar-refractivity contribution >= 4 is 11.6 Å². The predicted octanol–water partition coefficient (Wildman–Crippen LogP) is 0.748. The van der Waals surface area contributed by atoms with Crippen LogP contribution in [0.25, 0.3) is 0 Å². The Morgan fingerprint density at radius 1 is 1.48 bits per heavy atom. The number of piperidine rings is 1. The molecule has 0 spiro atoms. The van der Waals surface area contributed by atoms with Gasteiger partial charge in [-0.3, -0.25) is 14.7 Å². The standard InChI is InChI=1S/C15H20N4O2/c1-21-8-7-19-15(20)13-4-6-18(11-14(13)17-19)10-12-3-2-5-16-9-12/h2-3,5,9,13H,4,6-8,10-11H2,1H3. The second-order valence-electron chi connectivity index (χ2n) is 5.46. The Morgan fingerprint density at radius 3 is 3.14 bits per heavy atom. The van der Waals surface area contributed by atoms with E-state index in [9.17, 15) is 4.79 Å². The van der Waals surface area contributed by atoms with Crippen molar-refractivity contribution in [3.05, 3.63) is 30.1 Å². The number of fused-ring (bicyclic) bond motifs is 1. The van der Waals surface area contributed by atoms with Crippen LogP contribution < -0.4 is 0 Å². The first-order valence-electron chi connectivity index (χ1n) is 7.27. The van der Waals surface area contributed by atoms with Crippen molar-refractivity contribution in [1.29, 1.82) is 0 Å². The third kappa shape index (κ3) is 3.11. The molecule has 6 heteroatoms. The van der Waals surface area contributed by atoms with Crippen LogP contribution in [0.1, 0.15) is 12.0 Å². The highest BCUT2D eigenvalue weighted by Crippen LogP contribution is 2.24. The molecule has 1 aromatic rings. The van der Waals surface area contributed by atoms with Gasteiger partial charge in [0.25, 0.3) is 5.91 Å². The molecule has 1 atom stereocenters. The minimum absolute atomic E-state index is 0.0213. The molecule has 0 saturated carbocycles. The number of pyridine rings is 1. The lowest BCUT2D eigenvalue weighted by molar-refractivity contribution is -0.132. The van der Waals surface area contributed by atoms with Crippen molar-refractivity contribution in [3.63, 3.8) is 0 Å². The van der Waals surface area contributed by atoms with Crippen molar-refractivity contribution in [2.75, 3.05) is 33.4 Å². The van der Waals surface area contributed by atoms with Gasteiger partial charge in [-0.1, -0.05) is 6.07 Å². The lowest BCUT2D eigenvalue weighted by atomic mass is 9.94. The maximum atomic E-state index is 12.2. The highest BCUT2D eigenvalue weighted by Gasteiger charge is 2.38. The first-order valence-corrected chi connectivity index (χ1v) is 7.27. The van der Waals surface area contributed by atoms with Crippen molar-refractivity contribution in [2.24, 2.45) is 11.0 Å². The van der Waals surface area contributed by atoms with Crippen LogP contribution in [0.15, 0.2) is 29.6 Å². The van der Waals surface area contributed by atoms with Gasteiger partial charge in [-0.15, -0.1) is 0 Å². The lowest BCUT2D eigenvalue weighted by Gasteiger charge is -2.29. The number of ether oxygens (including phenoxy) is 1. The number of aromatic nitrogens is 1. The molecule has 0 aliphatic carbocycles. The maximum absolute atomic E-state index is 12.2. The summed E-state index contributed by atoms with van der Waals surface area (Å²) in [7, 11) is 1.64. The normalized spacial score (nSPS) is 22.3. The van der Waals surface area contributed by atoms with E-state index in [4.69, 9.17) is 4.74 Å². The Balaban J connectivity index is 1.63. The number of nitrogens with zero attached hydrogens (tertiary/aromatic N) is 4. The van der Waals surface area contributed by atoms with Gasteiger partial charge in [-0.2, -0.15) is 5.10 Å². The highest BCUT2D eigenvalue weighted by molar-refractivity contribution is 6.09. The van der Waals surface area contributed by atoms with Gasteiger partial charge in [-0.25, -0.2) is 5.01 Å². The van der Waals surface area contributed by atoms with Crippen LogP contribution in [0, 0.1) is 5.92 Å². The smallest absolute Gasteiger partial charge is 0.251 e. The molecule has 1 saturated heterocycles. The predicted molar refractivity (Wildman–Crippen MR) is 78.6 cm³/mol. The molecule has 1 aromatic heterocycles. The fourth-order valence-electron chi connectivity index (χ4n) is 2.87. The fourth-order valence-corrected chi connectivity index (χ4v) is 2.87. The van der Waals surface area contributed by atoms with E-state index in [-0.39, 0.29) is 11.8 Å². The Bertz CT molecular complexity index is 532.